The second-order valence-corrected chi connectivity index (χ2v) is 11.3. The smallest absolute Gasteiger partial charge is 0.267 e. The minimum absolute atomic E-state index is 0.136. The summed E-state index contributed by atoms with van der Waals surface area (Å²) in [5.41, 5.74) is 2.34. The number of halogens is 1. The first-order valence-corrected chi connectivity index (χ1v) is 14.8. The number of rotatable bonds is 8. The summed E-state index contributed by atoms with van der Waals surface area (Å²) in [5.74, 6) is 1.14. The minimum Gasteiger partial charge on any atom is -0.395 e. The van der Waals surface area contributed by atoms with Gasteiger partial charge in [-0.2, -0.15) is 15.0 Å². The van der Waals surface area contributed by atoms with Crippen molar-refractivity contribution < 1.29 is 9.90 Å². The van der Waals surface area contributed by atoms with Crippen molar-refractivity contribution in [1.82, 2.24) is 24.8 Å². The van der Waals surface area contributed by atoms with E-state index in [0.29, 0.717) is 45.0 Å². The maximum atomic E-state index is 13.0. The lowest BCUT2D eigenvalue weighted by Crippen LogP contribution is -2.47. The molecule has 214 valence electrons. The number of carbonyl (C=O) groups excluding carboxylic acids is 1. The zero-order valence-electron chi connectivity index (χ0n) is 22.9. The van der Waals surface area contributed by atoms with Gasteiger partial charge in [0.05, 0.1) is 23.5 Å². The van der Waals surface area contributed by atoms with Crippen molar-refractivity contribution in [3.63, 3.8) is 0 Å². The van der Waals surface area contributed by atoms with Crippen LogP contribution in [0, 0.1) is 6.92 Å². The Morgan fingerprint density at radius 2 is 1.79 bits per heavy atom. The monoisotopic (exact) mass is 600 g/mol. The van der Waals surface area contributed by atoms with Crippen molar-refractivity contribution in [3.05, 3.63) is 82.3 Å². The molecule has 0 saturated carbocycles. The lowest BCUT2D eigenvalue weighted by atomic mass is 10.0. The van der Waals surface area contributed by atoms with Gasteiger partial charge in [-0.05, 0) is 29.3 Å². The summed E-state index contributed by atoms with van der Waals surface area (Å²) < 4.78 is 0. The molecule has 12 heteroatoms. The van der Waals surface area contributed by atoms with Gasteiger partial charge in [-0.25, -0.2) is 4.98 Å². The zero-order chi connectivity index (χ0) is 29.1. The van der Waals surface area contributed by atoms with Gasteiger partial charge >= 0.3 is 0 Å². The SMILES string of the molecule is Cc1cccc(Cl)c1NC(=O)c1cnc(Nc2nc(-c3cccc4ccccc34)nc(N3CCN(CCO)CC3)n2)s1. The first-order valence-electron chi connectivity index (χ1n) is 13.6. The fourth-order valence-electron chi connectivity index (χ4n) is 4.91. The third-order valence-electron chi connectivity index (χ3n) is 7.13. The molecule has 10 nitrogen and oxygen atoms in total. The van der Waals surface area contributed by atoms with E-state index < -0.39 is 0 Å². The predicted molar refractivity (Wildman–Crippen MR) is 168 cm³/mol. The van der Waals surface area contributed by atoms with E-state index in [1.165, 1.54) is 17.5 Å². The number of amides is 1. The molecule has 1 fully saturated rings. The number of piperazine rings is 1. The Kier molecular flexibility index (Phi) is 8.24. The summed E-state index contributed by atoms with van der Waals surface area (Å²) in [6.45, 7) is 5.72. The van der Waals surface area contributed by atoms with E-state index in [2.05, 4.69) is 43.6 Å². The van der Waals surface area contributed by atoms with Crippen molar-refractivity contribution in [2.45, 2.75) is 6.92 Å². The first kappa shape index (κ1) is 28.0. The molecule has 1 aliphatic rings. The minimum atomic E-state index is -0.301. The normalized spacial score (nSPS) is 13.8. The number of nitrogens with zero attached hydrogens (tertiary/aromatic N) is 6. The average Bonchev–Trinajstić information content (AvgIpc) is 3.48. The molecular formula is C30H29ClN8O2S. The van der Waals surface area contributed by atoms with Crippen LogP contribution in [-0.4, -0.2) is 75.2 Å². The molecule has 3 N–H and O–H groups in total. The maximum Gasteiger partial charge on any atom is 0.267 e. The van der Waals surface area contributed by atoms with E-state index in [-0.39, 0.29) is 12.5 Å². The first-order chi connectivity index (χ1) is 20.5. The molecule has 1 amide bonds. The topological polar surface area (TPSA) is 119 Å². The Labute approximate surface area is 252 Å². The van der Waals surface area contributed by atoms with E-state index in [9.17, 15) is 9.90 Å². The van der Waals surface area contributed by atoms with Gasteiger partial charge in [0.15, 0.2) is 11.0 Å². The molecule has 2 aromatic heterocycles. The lowest BCUT2D eigenvalue weighted by Gasteiger charge is -2.34. The molecule has 6 rings (SSSR count). The largest absolute Gasteiger partial charge is 0.395 e. The van der Waals surface area contributed by atoms with Crippen LogP contribution in [0.3, 0.4) is 0 Å². The van der Waals surface area contributed by atoms with Gasteiger partial charge in [-0.15, -0.1) is 0 Å². The second-order valence-electron chi connectivity index (χ2n) is 9.90. The van der Waals surface area contributed by atoms with Gasteiger partial charge in [0, 0.05) is 38.3 Å². The molecule has 0 radical (unpaired) electrons. The number of thiazole rings is 1. The molecule has 3 aromatic carbocycles. The summed E-state index contributed by atoms with van der Waals surface area (Å²) >= 11 is 7.49. The van der Waals surface area contributed by atoms with Gasteiger partial charge in [0.1, 0.15) is 4.88 Å². The Balaban J connectivity index is 1.30. The highest BCUT2D eigenvalue weighted by molar-refractivity contribution is 7.17. The number of aliphatic hydroxyl groups excluding tert-OH is 1. The molecule has 0 bridgehead atoms. The van der Waals surface area contributed by atoms with Crippen LogP contribution in [0.15, 0.2) is 66.9 Å². The molecule has 1 saturated heterocycles. The van der Waals surface area contributed by atoms with Crippen molar-refractivity contribution in [3.8, 4) is 11.4 Å². The number of carbonyl (C=O) groups is 1. The Morgan fingerprint density at radius 1 is 1.00 bits per heavy atom. The standard InChI is InChI=1S/C30H29ClN8O2S/c1-19-6-4-11-23(31)25(19)33-27(41)24-18-32-30(42-24)37-28-34-26(22-10-5-8-20-7-2-3-9-21(20)22)35-29(36-28)39-14-12-38(13-15-39)16-17-40/h2-11,18,40H,12-17H2,1H3,(H,33,41)(H,32,34,35,36,37). The fraction of sp³-hybridized carbons (Fsp3) is 0.233. The van der Waals surface area contributed by atoms with E-state index in [0.717, 1.165) is 48.1 Å². The van der Waals surface area contributed by atoms with Crippen molar-refractivity contribution in [2.75, 3.05) is 54.9 Å². The van der Waals surface area contributed by atoms with Gasteiger partial charge in [0.2, 0.25) is 11.9 Å². The number of anilines is 4. The molecule has 5 aromatic rings. The van der Waals surface area contributed by atoms with E-state index in [1.807, 2.05) is 43.3 Å². The number of β-amino-alcohol motifs (C(OH)–C–C–N with tert-alkyl or cyclic N) is 1. The number of hydrogen-bond donors (Lipinski definition) is 3. The molecule has 3 heterocycles. The third-order valence-corrected chi connectivity index (χ3v) is 8.36. The van der Waals surface area contributed by atoms with Gasteiger partial charge in [-0.3, -0.25) is 15.0 Å². The summed E-state index contributed by atoms with van der Waals surface area (Å²) in [5, 5.41) is 18.5. The highest BCUT2D eigenvalue weighted by atomic mass is 35.5. The number of aryl methyl sites for hydroxylation is 1. The Hall–Kier alpha value is -4.16. The highest BCUT2D eigenvalue weighted by Crippen LogP contribution is 2.30. The molecular weight excluding hydrogens is 572 g/mol. The van der Waals surface area contributed by atoms with E-state index >= 15 is 0 Å². The van der Waals surface area contributed by atoms with Crippen LogP contribution < -0.4 is 15.5 Å². The van der Waals surface area contributed by atoms with Crippen LogP contribution in [0.2, 0.25) is 5.02 Å². The molecule has 0 unspecified atom stereocenters. The Bertz CT molecular complexity index is 1710. The predicted octanol–water partition coefficient (Wildman–Crippen LogP) is 5.22. The van der Waals surface area contributed by atoms with E-state index in [1.54, 1.807) is 6.07 Å². The number of benzene rings is 3. The summed E-state index contributed by atoms with van der Waals surface area (Å²) in [7, 11) is 0. The van der Waals surface area contributed by atoms with Crippen molar-refractivity contribution in [1.29, 1.82) is 0 Å². The number of aliphatic hydroxyl groups is 1. The summed E-state index contributed by atoms with van der Waals surface area (Å²) in [6, 6.07) is 19.7. The van der Waals surface area contributed by atoms with Crippen molar-refractivity contribution >= 4 is 62.3 Å². The molecule has 0 spiro atoms. The average molecular weight is 601 g/mol. The van der Waals surface area contributed by atoms with Crippen LogP contribution >= 0.6 is 22.9 Å². The van der Waals surface area contributed by atoms with Crippen LogP contribution in [0.4, 0.5) is 22.7 Å². The molecule has 0 aliphatic carbocycles. The quantitative estimate of drug-likeness (QED) is 0.220. The maximum absolute atomic E-state index is 13.0. The van der Waals surface area contributed by atoms with Crippen molar-refractivity contribution in [2.24, 2.45) is 0 Å². The number of para-hydroxylation sites is 1. The van der Waals surface area contributed by atoms with Crippen LogP contribution in [0.5, 0.6) is 0 Å². The Morgan fingerprint density at radius 3 is 2.60 bits per heavy atom. The molecule has 1 aliphatic heterocycles. The molecule has 42 heavy (non-hydrogen) atoms. The summed E-state index contributed by atoms with van der Waals surface area (Å²) in [4.78, 5) is 36.6. The number of hydrogen-bond acceptors (Lipinski definition) is 10. The molecule has 0 atom stereocenters. The fourth-order valence-corrected chi connectivity index (χ4v) is 5.89. The third kappa shape index (κ3) is 6.04. The van der Waals surface area contributed by atoms with Gasteiger partial charge in [-0.1, -0.05) is 77.5 Å². The number of nitrogens with one attached hydrogen (secondary N) is 2. The second kappa shape index (κ2) is 12.4. The number of aromatic nitrogens is 4. The summed E-state index contributed by atoms with van der Waals surface area (Å²) in [6.07, 6.45) is 1.52. The van der Waals surface area contributed by atoms with Gasteiger partial charge in [0.25, 0.3) is 5.91 Å². The van der Waals surface area contributed by atoms with Crippen LogP contribution in [0.1, 0.15) is 15.2 Å². The zero-order valence-corrected chi connectivity index (χ0v) is 24.5. The lowest BCUT2D eigenvalue weighted by molar-refractivity contribution is 0.103. The van der Waals surface area contributed by atoms with Gasteiger partial charge < -0.3 is 15.3 Å². The number of fused-ring (bicyclic) bond motifs is 1. The van der Waals surface area contributed by atoms with E-state index in [4.69, 9.17) is 26.6 Å². The van der Waals surface area contributed by atoms with Crippen LogP contribution in [0.25, 0.3) is 22.2 Å². The highest BCUT2D eigenvalue weighted by Gasteiger charge is 2.22. The van der Waals surface area contributed by atoms with Crippen LogP contribution in [-0.2, 0) is 0 Å².